The Morgan fingerprint density at radius 1 is 0.241 bits per heavy atom. The zero-order valence-electron chi connectivity index (χ0n) is 53.9. The van der Waals surface area contributed by atoms with Crippen LogP contribution in [0.4, 0.5) is 0 Å². The molecule has 79 heavy (non-hydrogen) atoms. The summed E-state index contributed by atoms with van der Waals surface area (Å²) in [5.74, 6) is -0.837. The summed E-state index contributed by atoms with van der Waals surface area (Å²) in [5.41, 5.74) is 0. The maximum Gasteiger partial charge on any atom is 0.306 e. The molecule has 1 atom stereocenters. The van der Waals surface area contributed by atoms with Crippen LogP contribution in [0.1, 0.15) is 419 Å². The van der Waals surface area contributed by atoms with Gasteiger partial charge in [-0.25, -0.2) is 0 Å². The molecule has 0 N–H and O–H groups in total. The first-order chi connectivity index (χ1) is 39.0. The molecule has 0 saturated carbocycles. The number of hydrogen-bond acceptors (Lipinski definition) is 6. The molecular weight excluding hydrogens is 973 g/mol. The Bertz CT molecular complexity index is 1230. The molecule has 0 amide bonds. The summed E-state index contributed by atoms with van der Waals surface area (Å²) in [6, 6.07) is 0. The Morgan fingerprint density at radius 3 is 0.633 bits per heavy atom. The van der Waals surface area contributed by atoms with Crippen LogP contribution in [-0.2, 0) is 28.6 Å². The molecule has 0 rings (SSSR count). The summed E-state index contributed by atoms with van der Waals surface area (Å²) in [4.78, 5) is 38.3. The van der Waals surface area contributed by atoms with Gasteiger partial charge in [-0.3, -0.25) is 14.4 Å². The predicted octanol–water partition coefficient (Wildman–Crippen LogP) is 24.8. The predicted molar refractivity (Wildman–Crippen MR) is 344 cm³/mol. The minimum absolute atomic E-state index is 0.0652. The third-order valence-electron chi connectivity index (χ3n) is 16.8. The van der Waals surface area contributed by atoms with Crippen LogP contribution in [0.25, 0.3) is 0 Å². The van der Waals surface area contributed by atoms with Crippen molar-refractivity contribution < 1.29 is 28.6 Å². The molecule has 468 valence electrons. The van der Waals surface area contributed by atoms with E-state index in [9.17, 15) is 14.4 Å². The largest absolute Gasteiger partial charge is 0.462 e. The number of unbranched alkanes of at least 4 members (excludes halogenated alkanes) is 55. The number of hydrogen-bond donors (Lipinski definition) is 0. The fourth-order valence-corrected chi connectivity index (χ4v) is 11.3. The Balaban J connectivity index is 4.07. The molecule has 0 aliphatic rings. The van der Waals surface area contributed by atoms with Crippen LogP contribution in [0.2, 0.25) is 0 Å². The topological polar surface area (TPSA) is 78.9 Å². The van der Waals surface area contributed by atoms with Crippen molar-refractivity contribution in [3.8, 4) is 0 Å². The van der Waals surface area contributed by atoms with E-state index >= 15 is 0 Å². The molecule has 0 bridgehead atoms. The van der Waals surface area contributed by atoms with Gasteiger partial charge < -0.3 is 14.2 Å². The van der Waals surface area contributed by atoms with Gasteiger partial charge in [-0.1, -0.05) is 367 Å². The second kappa shape index (κ2) is 68.6. The van der Waals surface area contributed by atoms with Crippen molar-refractivity contribution in [2.24, 2.45) is 0 Å². The monoisotopic (exact) mass is 1110 g/mol. The van der Waals surface area contributed by atoms with Gasteiger partial charge in [0, 0.05) is 19.3 Å². The van der Waals surface area contributed by atoms with E-state index in [0.717, 1.165) is 57.8 Å². The minimum atomic E-state index is -0.768. The molecule has 6 nitrogen and oxygen atoms in total. The molecular formula is C73H140O6. The second-order valence-corrected chi connectivity index (χ2v) is 24.9. The highest BCUT2D eigenvalue weighted by molar-refractivity contribution is 5.71. The first-order valence-corrected chi connectivity index (χ1v) is 36.2. The highest BCUT2D eigenvalue weighted by Crippen LogP contribution is 2.19. The lowest BCUT2D eigenvalue weighted by Crippen LogP contribution is -2.30. The number of carbonyl (C=O) groups is 3. The number of ether oxygens (including phenoxy) is 3. The molecule has 0 heterocycles. The van der Waals surface area contributed by atoms with Crippen molar-refractivity contribution in [1.82, 2.24) is 0 Å². The Kier molecular flexibility index (Phi) is 67.0. The van der Waals surface area contributed by atoms with E-state index in [2.05, 4.69) is 32.9 Å². The summed E-state index contributed by atoms with van der Waals surface area (Å²) in [6.07, 6.45) is 82.6. The normalized spacial score (nSPS) is 12.0. The molecule has 0 aromatic carbocycles. The van der Waals surface area contributed by atoms with Crippen LogP contribution in [0.15, 0.2) is 12.2 Å². The molecule has 0 aliphatic heterocycles. The van der Waals surface area contributed by atoms with Gasteiger partial charge in [-0.05, 0) is 44.9 Å². The number of esters is 3. The Labute approximate surface area is 494 Å². The third kappa shape index (κ3) is 66.8. The molecule has 0 spiro atoms. The summed E-state index contributed by atoms with van der Waals surface area (Å²) < 4.78 is 17.0. The van der Waals surface area contributed by atoms with Crippen molar-refractivity contribution in [3.63, 3.8) is 0 Å². The van der Waals surface area contributed by atoms with E-state index < -0.39 is 6.10 Å². The fourth-order valence-electron chi connectivity index (χ4n) is 11.3. The molecule has 0 aliphatic carbocycles. The van der Waals surface area contributed by atoms with Gasteiger partial charge in [0.15, 0.2) is 6.10 Å². The molecule has 0 radical (unpaired) electrons. The van der Waals surface area contributed by atoms with Crippen LogP contribution >= 0.6 is 0 Å². The molecule has 0 aromatic heterocycles. The Hall–Kier alpha value is -1.85. The van der Waals surface area contributed by atoms with E-state index in [4.69, 9.17) is 14.2 Å². The molecule has 0 aromatic rings. The second-order valence-electron chi connectivity index (χ2n) is 24.9. The van der Waals surface area contributed by atoms with E-state index in [1.165, 1.54) is 321 Å². The maximum absolute atomic E-state index is 12.9. The molecule has 1 unspecified atom stereocenters. The first-order valence-electron chi connectivity index (χ1n) is 36.2. The highest BCUT2D eigenvalue weighted by Gasteiger charge is 2.19. The lowest BCUT2D eigenvalue weighted by Gasteiger charge is -2.18. The van der Waals surface area contributed by atoms with Crippen LogP contribution in [0, 0.1) is 0 Å². The van der Waals surface area contributed by atoms with Gasteiger partial charge in [0.1, 0.15) is 13.2 Å². The van der Waals surface area contributed by atoms with Gasteiger partial charge in [0.2, 0.25) is 0 Å². The average Bonchev–Trinajstić information content (AvgIpc) is 3.45. The van der Waals surface area contributed by atoms with Crippen molar-refractivity contribution in [1.29, 1.82) is 0 Å². The van der Waals surface area contributed by atoms with Crippen molar-refractivity contribution in [2.45, 2.75) is 425 Å². The number of allylic oxidation sites excluding steroid dienone is 2. The minimum Gasteiger partial charge on any atom is -0.462 e. The number of carbonyl (C=O) groups excluding carboxylic acids is 3. The summed E-state index contributed by atoms with van der Waals surface area (Å²) in [6.45, 7) is 6.71. The zero-order chi connectivity index (χ0) is 57.1. The van der Waals surface area contributed by atoms with E-state index in [0.29, 0.717) is 19.3 Å². The van der Waals surface area contributed by atoms with Crippen LogP contribution in [-0.4, -0.2) is 37.2 Å². The molecule has 6 heteroatoms. The summed E-state index contributed by atoms with van der Waals surface area (Å²) in [7, 11) is 0. The number of rotatable bonds is 68. The Morgan fingerprint density at radius 2 is 0.418 bits per heavy atom. The van der Waals surface area contributed by atoms with Gasteiger partial charge in [-0.15, -0.1) is 0 Å². The smallest absolute Gasteiger partial charge is 0.306 e. The van der Waals surface area contributed by atoms with Gasteiger partial charge >= 0.3 is 17.9 Å². The van der Waals surface area contributed by atoms with Crippen molar-refractivity contribution >= 4 is 17.9 Å². The van der Waals surface area contributed by atoms with Gasteiger partial charge in [-0.2, -0.15) is 0 Å². The van der Waals surface area contributed by atoms with E-state index in [-0.39, 0.29) is 31.1 Å². The zero-order valence-corrected chi connectivity index (χ0v) is 53.9. The van der Waals surface area contributed by atoms with Crippen LogP contribution in [0.5, 0.6) is 0 Å². The van der Waals surface area contributed by atoms with Crippen molar-refractivity contribution in [3.05, 3.63) is 12.2 Å². The fraction of sp³-hybridized carbons (Fsp3) is 0.932. The maximum atomic E-state index is 12.9. The third-order valence-corrected chi connectivity index (χ3v) is 16.8. The van der Waals surface area contributed by atoms with Gasteiger partial charge in [0.25, 0.3) is 0 Å². The van der Waals surface area contributed by atoms with Crippen LogP contribution in [0.3, 0.4) is 0 Å². The standard InChI is InChI=1S/C73H140O6/c1-4-7-10-13-16-19-22-25-27-29-30-31-32-33-34-35-36-37-38-39-40-41-42-43-45-46-48-51-54-57-60-63-66-72(75)78-69-70(68-77-71(74)65-62-59-56-53-50-24-21-18-15-12-9-6-3)79-73(76)67-64-61-58-55-52-49-47-44-28-26-23-20-17-14-11-8-5-2/h26,28,70H,4-25,27,29-69H2,1-3H3/b28-26-. The summed E-state index contributed by atoms with van der Waals surface area (Å²) >= 11 is 0. The van der Waals surface area contributed by atoms with Crippen molar-refractivity contribution in [2.75, 3.05) is 13.2 Å². The molecule has 0 fully saturated rings. The lowest BCUT2D eigenvalue weighted by molar-refractivity contribution is -0.167. The summed E-state index contributed by atoms with van der Waals surface area (Å²) in [5, 5.41) is 0. The lowest BCUT2D eigenvalue weighted by atomic mass is 10.0. The van der Waals surface area contributed by atoms with E-state index in [1.54, 1.807) is 0 Å². The quantitative estimate of drug-likeness (QED) is 0.0261. The van der Waals surface area contributed by atoms with E-state index in [1.807, 2.05) is 0 Å². The highest BCUT2D eigenvalue weighted by atomic mass is 16.6. The SMILES string of the molecule is CCCCCCCC/C=C\CCCCCCCCCC(=O)OC(COC(=O)CCCCCCCCCCCCCC)COC(=O)CCCCCCCCCCCCCCCCCCCCCCCCCCCCCCCCCC. The first kappa shape index (κ1) is 77.2. The van der Waals surface area contributed by atoms with Crippen LogP contribution < -0.4 is 0 Å². The van der Waals surface area contributed by atoms with Gasteiger partial charge in [0.05, 0.1) is 0 Å². The average molecular weight is 1110 g/mol. The molecule has 0 saturated heterocycles.